The molecule has 1 aliphatic carbocycles. The van der Waals surface area contributed by atoms with Gasteiger partial charge in [-0.3, -0.25) is 4.79 Å². The summed E-state index contributed by atoms with van der Waals surface area (Å²) in [5, 5.41) is 12.3. The molecule has 0 unspecified atom stereocenters. The molecule has 1 fully saturated rings. The standard InChI is InChI=1S/C16H20ClF2NO3/c1-23-13-8-10(2-4-12(13)17)9-20-14-5-3-11(15(21)22)6-7-16(14,18)19/h2,4,8,11,14,20H,3,5-7,9H2,1H3,(H,21,22)/t11-,14-/m1/s1. The average Bonchev–Trinajstić information content (AvgIpc) is 2.65. The molecule has 0 aromatic heterocycles. The van der Waals surface area contributed by atoms with Gasteiger partial charge in [0.25, 0.3) is 5.92 Å². The van der Waals surface area contributed by atoms with Gasteiger partial charge in [0, 0.05) is 13.0 Å². The Hall–Kier alpha value is -1.40. The van der Waals surface area contributed by atoms with Gasteiger partial charge in [-0.05, 0) is 37.0 Å². The minimum Gasteiger partial charge on any atom is -0.495 e. The summed E-state index contributed by atoms with van der Waals surface area (Å²) in [5.74, 6) is -4.11. The van der Waals surface area contributed by atoms with Crippen molar-refractivity contribution in [2.45, 2.75) is 44.2 Å². The first-order valence-electron chi connectivity index (χ1n) is 7.50. The summed E-state index contributed by atoms with van der Waals surface area (Å²) in [6, 6.07) is 4.06. The number of hydrogen-bond donors (Lipinski definition) is 2. The smallest absolute Gasteiger partial charge is 0.306 e. The van der Waals surface area contributed by atoms with Crippen molar-refractivity contribution in [3.05, 3.63) is 28.8 Å². The predicted octanol–water partition coefficient (Wildman–Crippen LogP) is 3.72. The zero-order valence-electron chi connectivity index (χ0n) is 12.8. The summed E-state index contributed by atoms with van der Waals surface area (Å²) >= 11 is 5.94. The first-order chi connectivity index (χ1) is 10.8. The molecule has 1 aromatic rings. The highest BCUT2D eigenvalue weighted by atomic mass is 35.5. The lowest BCUT2D eigenvalue weighted by Gasteiger charge is -2.26. The van der Waals surface area contributed by atoms with E-state index in [1.165, 1.54) is 7.11 Å². The lowest BCUT2D eigenvalue weighted by atomic mass is 10.0. The van der Waals surface area contributed by atoms with Crippen molar-refractivity contribution in [3.63, 3.8) is 0 Å². The van der Waals surface area contributed by atoms with Gasteiger partial charge in [0.15, 0.2) is 0 Å². The lowest BCUT2D eigenvalue weighted by Crippen LogP contribution is -2.43. The molecular formula is C16H20ClF2NO3. The predicted molar refractivity (Wildman–Crippen MR) is 83.2 cm³/mol. The fraction of sp³-hybridized carbons (Fsp3) is 0.562. The van der Waals surface area contributed by atoms with E-state index < -0.39 is 30.3 Å². The van der Waals surface area contributed by atoms with Crippen molar-refractivity contribution < 1.29 is 23.4 Å². The number of halogens is 3. The summed E-state index contributed by atoms with van der Waals surface area (Å²) in [6.07, 6.45) is -0.0118. The van der Waals surface area contributed by atoms with Crippen LogP contribution < -0.4 is 10.1 Å². The lowest BCUT2D eigenvalue weighted by molar-refractivity contribution is -0.142. The summed E-state index contributed by atoms with van der Waals surface area (Å²) in [6.45, 7) is 0.242. The van der Waals surface area contributed by atoms with E-state index in [1.807, 2.05) is 0 Å². The number of ether oxygens (including phenoxy) is 1. The summed E-state index contributed by atoms with van der Waals surface area (Å²) < 4.78 is 33.5. The van der Waals surface area contributed by atoms with Crippen molar-refractivity contribution in [3.8, 4) is 5.75 Å². The number of aliphatic carboxylic acids is 1. The number of alkyl halides is 2. The van der Waals surface area contributed by atoms with Crippen molar-refractivity contribution in [2.75, 3.05) is 7.11 Å². The highest BCUT2D eigenvalue weighted by molar-refractivity contribution is 6.32. The molecular weight excluding hydrogens is 328 g/mol. The number of methoxy groups -OCH3 is 1. The summed E-state index contributed by atoms with van der Waals surface area (Å²) in [7, 11) is 1.49. The van der Waals surface area contributed by atoms with Gasteiger partial charge in [-0.1, -0.05) is 17.7 Å². The first-order valence-corrected chi connectivity index (χ1v) is 7.87. The molecule has 0 amide bonds. The molecule has 23 heavy (non-hydrogen) atoms. The minimum atomic E-state index is -2.92. The van der Waals surface area contributed by atoms with Gasteiger partial charge in [0.2, 0.25) is 0 Å². The van der Waals surface area contributed by atoms with Crippen LogP contribution in [0.3, 0.4) is 0 Å². The van der Waals surface area contributed by atoms with Crippen LogP contribution >= 0.6 is 11.6 Å². The van der Waals surface area contributed by atoms with E-state index in [0.717, 1.165) is 5.56 Å². The SMILES string of the molecule is COc1cc(CN[C@@H]2CC[C@@H](C(=O)O)CCC2(F)F)ccc1Cl. The third-order valence-electron chi connectivity index (χ3n) is 4.26. The minimum absolute atomic E-state index is 0.00921. The second-order valence-electron chi connectivity index (χ2n) is 5.81. The van der Waals surface area contributed by atoms with Crippen molar-refractivity contribution >= 4 is 17.6 Å². The van der Waals surface area contributed by atoms with Crippen molar-refractivity contribution in [1.82, 2.24) is 5.32 Å². The normalized spacial score (nSPS) is 24.0. The van der Waals surface area contributed by atoms with Crippen LogP contribution in [-0.4, -0.2) is 30.2 Å². The monoisotopic (exact) mass is 347 g/mol. The van der Waals surface area contributed by atoms with Gasteiger partial charge in [0.05, 0.1) is 24.1 Å². The van der Waals surface area contributed by atoms with Gasteiger partial charge >= 0.3 is 5.97 Å². The van der Waals surface area contributed by atoms with E-state index in [0.29, 0.717) is 10.8 Å². The molecule has 0 aliphatic heterocycles. The van der Waals surface area contributed by atoms with Crippen LogP contribution in [0.15, 0.2) is 18.2 Å². The Labute approximate surface area is 138 Å². The number of nitrogens with one attached hydrogen (secondary N) is 1. The Morgan fingerprint density at radius 1 is 1.43 bits per heavy atom. The highest BCUT2D eigenvalue weighted by Gasteiger charge is 2.42. The van der Waals surface area contributed by atoms with Crippen LogP contribution in [0.2, 0.25) is 5.02 Å². The van der Waals surface area contributed by atoms with Gasteiger partial charge in [-0.25, -0.2) is 8.78 Å². The van der Waals surface area contributed by atoms with Gasteiger partial charge in [-0.15, -0.1) is 0 Å². The second-order valence-corrected chi connectivity index (χ2v) is 6.22. The molecule has 1 saturated carbocycles. The summed E-state index contributed by atoms with van der Waals surface area (Å²) in [4.78, 5) is 11.0. The first kappa shape index (κ1) is 17.9. The molecule has 0 bridgehead atoms. The number of carboxylic acid groups (broad SMARTS) is 1. The molecule has 0 heterocycles. The highest BCUT2D eigenvalue weighted by Crippen LogP contribution is 2.35. The molecule has 128 valence electrons. The molecule has 4 nitrogen and oxygen atoms in total. The third kappa shape index (κ3) is 4.54. The Morgan fingerprint density at radius 2 is 2.17 bits per heavy atom. The quantitative estimate of drug-likeness (QED) is 0.797. The van der Waals surface area contributed by atoms with E-state index in [4.69, 9.17) is 21.4 Å². The van der Waals surface area contributed by atoms with Gasteiger partial charge in [-0.2, -0.15) is 0 Å². The molecule has 2 N–H and O–H groups in total. The van der Waals surface area contributed by atoms with E-state index in [-0.39, 0.29) is 25.8 Å². The Kier molecular flexibility index (Phi) is 5.81. The number of carboxylic acids is 1. The Morgan fingerprint density at radius 3 is 2.83 bits per heavy atom. The van der Waals surface area contributed by atoms with Gasteiger partial charge < -0.3 is 15.2 Å². The third-order valence-corrected chi connectivity index (χ3v) is 4.57. The van der Waals surface area contributed by atoms with E-state index in [9.17, 15) is 13.6 Å². The fourth-order valence-corrected chi connectivity index (χ4v) is 3.01. The molecule has 2 rings (SSSR count). The second kappa shape index (κ2) is 7.45. The van der Waals surface area contributed by atoms with Crippen molar-refractivity contribution in [1.29, 1.82) is 0 Å². The largest absolute Gasteiger partial charge is 0.495 e. The fourth-order valence-electron chi connectivity index (χ4n) is 2.82. The maximum atomic E-state index is 14.2. The van der Waals surface area contributed by atoms with Crippen LogP contribution in [0, 0.1) is 5.92 Å². The molecule has 1 aromatic carbocycles. The van der Waals surface area contributed by atoms with E-state index >= 15 is 0 Å². The molecule has 7 heteroatoms. The molecule has 0 saturated heterocycles. The number of rotatable bonds is 5. The van der Waals surface area contributed by atoms with Crippen molar-refractivity contribution in [2.24, 2.45) is 5.92 Å². The molecule has 0 spiro atoms. The number of hydrogen-bond acceptors (Lipinski definition) is 3. The van der Waals surface area contributed by atoms with E-state index in [1.54, 1.807) is 18.2 Å². The van der Waals surface area contributed by atoms with Crippen LogP contribution in [-0.2, 0) is 11.3 Å². The number of benzene rings is 1. The summed E-state index contributed by atoms with van der Waals surface area (Å²) in [5.41, 5.74) is 0.779. The zero-order valence-corrected chi connectivity index (χ0v) is 13.6. The maximum Gasteiger partial charge on any atom is 0.306 e. The molecule has 2 atom stereocenters. The van der Waals surface area contributed by atoms with Gasteiger partial charge in [0.1, 0.15) is 5.75 Å². The van der Waals surface area contributed by atoms with Crippen LogP contribution in [0.4, 0.5) is 8.78 Å². The van der Waals surface area contributed by atoms with Crippen LogP contribution in [0.25, 0.3) is 0 Å². The number of carbonyl (C=O) groups is 1. The topological polar surface area (TPSA) is 58.6 Å². The average molecular weight is 348 g/mol. The molecule has 0 radical (unpaired) electrons. The Bertz CT molecular complexity index is 568. The van der Waals surface area contributed by atoms with E-state index in [2.05, 4.69) is 5.32 Å². The van der Waals surface area contributed by atoms with Crippen LogP contribution in [0.1, 0.15) is 31.2 Å². The Balaban J connectivity index is 2.02. The van der Waals surface area contributed by atoms with Crippen LogP contribution in [0.5, 0.6) is 5.75 Å². The molecule has 1 aliphatic rings. The maximum absolute atomic E-state index is 14.2. The zero-order chi connectivity index (χ0) is 17.0.